The van der Waals surface area contributed by atoms with E-state index in [2.05, 4.69) is 32.1 Å². The van der Waals surface area contributed by atoms with Gasteiger partial charge >= 0.3 is 0 Å². The summed E-state index contributed by atoms with van der Waals surface area (Å²) in [6.45, 7) is 2.67. The minimum absolute atomic E-state index is 0.260. The zero-order valence-electron chi connectivity index (χ0n) is 15.0. The zero-order valence-corrected chi connectivity index (χ0v) is 15.0. The van der Waals surface area contributed by atoms with E-state index in [1.165, 1.54) is 0 Å². The van der Waals surface area contributed by atoms with Crippen molar-refractivity contribution in [1.82, 2.24) is 19.5 Å². The Labute approximate surface area is 157 Å². The topological polar surface area (TPSA) is 96.1 Å². The maximum atomic E-state index is 10.3. The predicted molar refractivity (Wildman–Crippen MR) is 102 cm³/mol. The van der Waals surface area contributed by atoms with Gasteiger partial charge in [0.1, 0.15) is 6.10 Å². The van der Waals surface area contributed by atoms with Crippen LogP contribution in [-0.2, 0) is 0 Å². The van der Waals surface area contributed by atoms with Gasteiger partial charge in [-0.25, -0.2) is 15.0 Å². The number of anilines is 1. The van der Waals surface area contributed by atoms with E-state index in [0.29, 0.717) is 42.2 Å². The Morgan fingerprint density at radius 3 is 2.67 bits per heavy atom. The molecule has 0 aliphatic heterocycles. The van der Waals surface area contributed by atoms with Crippen molar-refractivity contribution in [3.05, 3.63) is 48.0 Å². The van der Waals surface area contributed by atoms with E-state index in [0.717, 1.165) is 5.56 Å². The first-order valence-electron chi connectivity index (χ1n) is 9.09. The van der Waals surface area contributed by atoms with Crippen LogP contribution in [0.4, 0.5) is 5.82 Å². The molecule has 2 aromatic heterocycles. The van der Waals surface area contributed by atoms with Crippen LogP contribution in [0.1, 0.15) is 37.2 Å². The van der Waals surface area contributed by atoms with Crippen LogP contribution in [0, 0.1) is 11.8 Å². The first-order valence-corrected chi connectivity index (χ1v) is 9.09. The average molecular weight is 363 g/mol. The van der Waals surface area contributed by atoms with Crippen molar-refractivity contribution in [1.29, 1.82) is 0 Å². The molecule has 2 heterocycles. The standard InChI is InChI=1S/C20H21N5O2/c1-2-21-19-17-20(25(12-22-17)14-9-10-15(26)18(14)27)24-16(23-19)11-8-13-6-4-3-5-7-13/h3-7,12,14-15,18,26-27H,2,9-10H2,1H3,(H,21,23,24)/t14-,15?,18+/m1/s1. The fraction of sp³-hybridized carbons (Fsp3) is 0.350. The Hall–Kier alpha value is -2.95. The third kappa shape index (κ3) is 3.37. The van der Waals surface area contributed by atoms with Crippen LogP contribution in [0.25, 0.3) is 11.2 Å². The molecule has 1 aliphatic carbocycles. The number of rotatable bonds is 3. The molecule has 0 amide bonds. The van der Waals surface area contributed by atoms with Crippen LogP contribution in [0.2, 0.25) is 0 Å². The second kappa shape index (κ2) is 7.35. The highest BCUT2D eigenvalue weighted by Gasteiger charge is 2.35. The van der Waals surface area contributed by atoms with E-state index < -0.39 is 12.2 Å². The maximum Gasteiger partial charge on any atom is 0.209 e. The SMILES string of the molecule is CCNc1nc(C#Cc2ccccc2)nc2c1ncn2[C@@H]1CCC(O)[C@H]1O. The summed E-state index contributed by atoms with van der Waals surface area (Å²) in [6.07, 6.45) is 1.32. The van der Waals surface area contributed by atoms with Gasteiger partial charge in [-0.05, 0) is 37.8 Å². The molecular weight excluding hydrogens is 342 g/mol. The molecule has 0 bridgehead atoms. The van der Waals surface area contributed by atoms with Gasteiger partial charge in [-0.1, -0.05) is 24.1 Å². The number of hydrogen-bond acceptors (Lipinski definition) is 6. The lowest BCUT2D eigenvalue weighted by Gasteiger charge is -2.18. The highest BCUT2D eigenvalue weighted by molar-refractivity contribution is 5.83. The summed E-state index contributed by atoms with van der Waals surface area (Å²) in [6, 6.07) is 9.40. The molecule has 3 N–H and O–H groups in total. The van der Waals surface area contributed by atoms with Gasteiger partial charge in [0.25, 0.3) is 0 Å². The van der Waals surface area contributed by atoms with Crippen molar-refractivity contribution < 1.29 is 10.2 Å². The van der Waals surface area contributed by atoms with Gasteiger partial charge in [0, 0.05) is 12.1 Å². The first kappa shape index (κ1) is 17.5. The quantitative estimate of drug-likeness (QED) is 0.613. The molecule has 1 fully saturated rings. The van der Waals surface area contributed by atoms with Gasteiger partial charge in [-0.3, -0.25) is 0 Å². The summed E-state index contributed by atoms with van der Waals surface area (Å²) in [5.74, 6) is 7.09. The van der Waals surface area contributed by atoms with E-state index >= 15 is 0 Å². The number of benzene rings is 1. The van der Waals surface area contributed by atoms with Gasteiger partial charge in [0.05, 0.1) is 18.5 Å². The third-order valence-electron chi connectivity index (χ3n) is 4.76. The summed E-state index contributed by atoms with van der Waals surface area (Å²) in [4.78, 5) is 13.5. The normalized spacial score (nSPS) is 21.8. The molecule has 1 aromatic carbocycles. The summed E-state index contributed by atoms with van der Waals surface area (Å²) < 4.78 is 1.83. The summed E-state index contributed by atoms with van der Waals surface area (Å²) in [5, 5.41) is 23.4. The molecule has 7 heteroatoms. The van der Waals surface area contributed by atoms with Gasteiger partial charge in [0.2, 0.25) is 5.82 Å². The minimum atomic E-state index is -0.834. The lowest BCUT2D eigenvalue weighted by atomic mass is 10.2. The highest BCUT2D eigenvalue weighted by atomic mass is 16.3. The van der Waals surface area contributed by atoms with Crippen molar-refractivity contribution in [3.8, 4) is 11.8 Å². The predicted octanol–water partition coefficient (Wildman–Crippen LogP) is 1.71. The molecule has 27 heavy (non-hydrogen) atoms. The van der Waals surface area contributed by atoms with Crippen molar-refractivity contribution in [2.45, 2.75) is 38.0 Å². The number of aliphatic hydroxyl groups is 2. The molecule has 7 nitrogen and oxygen atoms in total. The Kier molecular flexibility index (Phi) is 4.75. The van der Waals surface area contributed by atoms with Crippen molar-refractivity contribution >= 4 is 17.0 Å². The number of nitrogens with one attached hydrogen (secondary N) is 1. The van der Waals surface area contributed by atoms with Gasteiger partial charge < -0.3 is 20.1 Å². The molecule has 1 aliphatic rings. The molecule has 0 radical (unpaired) electrons. The van der Waals surface area contributed by atoms with Gasteiger partial charge in [0.15, 0.2) is 17.0 Å². The first-order chi connectivity index (χ1) is 13.2. The molecular formula is C20H21N5O2. The van der Waals surface area contributed by atoms with E-state index in [4.69, 9.17) is 0 Å². The molecule has 3 aromatic rings. The molecule has 3 atom stereocenters. The molecule has 1 unspecified atom stereocenters. The second-order valence-corrected chi connectivity index (χ2v) is 6.57. The van der Waals surface area contributed by atoms with E-state index in [1.807, 2.05) is 41.8 Å². The van der Waals surface area contributed by atoms with Gasteiger partial charge in [-0.2, -0.15) is 0 Å². The van der Waals surface area contributed by atoms with Crippen LogP contribution in [0.15, 0.2) is 36.7 Å². The number of aromatic nitrogens is 4. The van der Waals surface area contributed by atoms with Crippen molar-refractivity contribution in [3.63, 3.8) is 0 Å². The molecule has 0 saturated heterocycles. The number of aliphatic hydroxyl groups excluding tert-OH is 2. The fourth-order valence-electron chi connectivity index (χ4n) is 3.40. The van der Waals surface area contributed by atoms with E-state index in [-0.39, 0.29) is 6.04 Å². The smallest absolute Gasteiger partial charge is 0.209 e. The Balaban J connectivity index is 1.79. The number of imidazole rings is 1. The maximum absolute atomic E-state index is 10.3. The molecule has 138 valence electrons. The summed E-state index contributed by atoms with van der Waals surface area (Å²) in [7, 11) is 0. The third-order valence-corrected chi connectivity index (χ3v) is 4.76. The van der Waals surface area contributed by atoms with Crippen LogP contribution in [0.3, 0.4) is 0 Å². The monoisotopic (exact) mass is 363 g/mol. The van der Waals surface area contributed by atoms with Gasteiger partial charge in [-0.15, -0.1) is 0 Å². The van der Waals surface area contributed by atoms with Crippen LogP contribution >= 0.6 is 0 Å². The fourth-order valence-corrected chi connectivity index (χ4v) is 3.40. The minimum Gasteiger partial charge on any atom is -0.390 e. The highest BCUT2D eigenvalue weighted by Crippen LogP contribution is 2.33. The van der Waals surface area contributed by atoms with Crippen LogP contribution in [-0.4, -0.2) is 48.5 Å². The lowest BCUT2D eigenvalue weighted by Crippen LogP contribution is -2.27. The molecule has 0 spiro atoms. The van der Waals surface area contributed by atoms with Crippen LogP contribution in [0.5, 0.6) is 0 Å². The van der Waals surface area contributed by atoms with E-state index in [1.54, 1.807) is 6.33 Å². The van der Waals surface area contributed by atoms with Crippen molar-refractivity contribution in [2.24, 2.45) is 0 Å². The number of hydrogen-bond donors (Lipinski definition) is 3. The zero-order chi connectivity index (χ0) is 18.8. The average Bonchev–Trinajstić information content (AvgIpc) is 3.25. The van der Waals surface area contributed by atoms with Crippen molar-refractivity contribution in [2.75, 3.05) is 11.9 Å². The molecule has 1 saturated carbocycles. The summed E-state index contributed by atoms with van der Waals surface area (Å²) >= 11 is 0. The van der Waals surface area contributed by atoms with Crippen LogP contribution < -0.4 is 5.32 Å². The Morgan fingerprint density at radius 1 is 1.15 bits per heavy atom. The summed E-state index contributed by atoms with van der Waals surface area (Å²) in [5.41, 5.74) is 2.13. The number of fused-ring (bicyclic) bond motifs is 1. The second-order valence-electron chi connectivity index (χ2n) is 6.57. The number of nitrogens with zero attached hydrogens (tertiary/aromatic N) is 4. The Bertz CT molecular complexity index is 1010. The Morgan fingerprint density at radius 2 is 1.96 bits per heavy atom. The van der Waals surface area contributed by atoms with E-state index in [9.17, 15) is 10.2 Å². The lowest BCUT2D eigenvalue weighted by molar-refractivity contribution is 0.0241. The largest absolute Gasteiger partial charge is 0.390 e. The molecule has 4 rings (SSSR count).